The molecule has 1 amide bonds. The van der Waals surface area contributed by atoms with Crippen molar-refractivity contribution in [3.05, 3.63) is 34.9 Å². The Kier molecular flexibility index (Phi) is 4.38. The number of rotatable bonds is 3. The minimum atomic E-state index is -0.00208. The molecule has 2 nitrogen and oxygen atoms in total. The van der Waals surface area contributed by atoms with Gasteiger partial charge in [0.1, 0.15) is 0 Å². The molecule has 0 aliphatic rings. The van der Waals surface area contributed by atoms with Crippen LogP contribution in [0.15, 0.2) is 18.2 Å². The third-order valence-corrected chi connectivity index (χ3v) is 2.83. The maximum absolute atomic E-state index is 11.5. The van der Waals surface area contributed by atoms with Gasteiger partial charge in [-0.25, -0.2) is 0 Å². The first-order valence-corrected chi connectivity index (χ1v) is 5.84. The van der Waals surface area contributed by atoms with Crippen LogP contribution in [-0.2, 0) is 12.8 Å². The molecule has 0 aromatic heterocycles. The van der Waals surface area contributed by atoms with E-state index in [-0.39, 0.29) is 5.91 Å². The molecule has 1 aromatic rings. The summed E-state index contributed by atoms with van der Waals surface area (Å²) in [4.78, 5) is 11.5. The maximum atomic E-state index is 11.5. The van der Waals surface area contributed by atoms with Crippen LogP contribution in [0.4, 0.5) is 0 Å². The van der Waals surface area contributed by atoms with Gasteiger partial charge in [-0.3, -0.25) is 8.32 Å². The second-order valence-electron chi connectivity index (χ2n) is 3.07. The second kappa shape index (κ2) is 5.34. The Morgan fingerprint density at radius 2 is 2.07 bits per heavy atom. The van der Waals surface area contributed by atoms with Crippen molar-refractivity contribution in [2.24, 2.45) is 0 Å². The Balaban J connectivity index is 3.21. The van der Waals surface area contributed by atoms with Crippen molar-refractivity contribution in [1.82, 2.24) is 3.53 Å². The molecule has 1 N–H and O–H groups in total. The molecule has 3 heteroatoms. The van der Waals surface area contributed by atoms with Crippen LogP contribution in [0.25, 0.3) is 0 Å². The normalized spacial score (nSPS) is 9.93. The summed E-state index contributed by atoms with van der Waals surface area (Å²) in [5.41, 5.74) is 3.25. The van der Waals surface area contributed by atoms with Crippen LogP contribution in [0, 0.1) is 0 Å². The molecule has 0 aliphatic carbocycles. The molecule has 0 heterocycles. The van der Waals surface area contributed by atoms with Gasteiger partial charge < -0.3 is 0 Å². The zero-order chi connectivity index (χ0) is 10.6. The molecule has 0 saturated heterocycles. The summed E-state index contributed by atoms with van der Waals surface area (Å²) in [6.07, 6.45) is 1.88. The van der Waals surface area contributed by atoms with Crippen LogP contribution in [0.1, 0.15) is 35.3 Å². The van der Waals surface area contributed by atoms with Gasteiger partial charge in [0.2, 0.25) is 0 Å². The second-order valence-corrected chi connectivity index (χ2v) is 3.61. The van der Waals surface area contributed by atoms with Gasteiger partial charge in [0.15, 0.2) is 0 Å². The topological polar surface area (TPSA) is 29.1 Å². The lowest BCUT2D eigenvalue weighted by atomic mass is 9.97. The molecule has 0 radical (unpaired) electrons. The number of halogens is 1. The van der Waals surface area contributed by atoms with Gasteiger partial charge in [0, 0.05) is 5.56 Å². The van der Waals surface area contributed by atoms with Gasteiger partial charge in [0.05, 0.1) is 22.9 Å². The summed E-state index contributed by atoms with van der Waals surface area (Å²) in [5.74, 6) is -0.00208. The monoisotopic (exact) mass is 303 g/mol. The molecule has 0 saturated carbocycles. The van der Waals surface area contributed by atoms with Crippen LogP contribution >= 0.6 is 22.9 Å². The van der Waals surface area contributed by atoms with Gasteiger partial charge in [-0.05, 0) is 30.0 Å². The van der Waals surface area contributed by atoms with Crippen LogP contribution < -0.4 is 3.53 Å². The number of benzene rings is 1. The van der Waals surface area contributed by atoms with E-state index in [1.165, 1.54) is 11.1 Å². The van der Waals surface area contributed by atoms with Gasteiger partial charge in [0.25, 0.3) is 5.91 Å². The fourth-order valence-corrected chi connectivity index (χ4v) is 1.94. The standard InChI is InChI=1S/C11H14INO/c1-3-8-6-5-7-10(9(8)4-2)11(14)13-12/h5-7H,3-4H2,1-2H3,(H,13,14). The zero-order valence-electron chi connectivity index (χ0n) is 8.43. The quantitative estimate of drug-likeness (QED) is 0.675. The Bertz CT molecular complexity index is 336. The highest BCUT2D eigenvalue weighted by Gasteiger charge is 2.11. The third-order valence-electron chi connectivity index (χ3n) is 2.34. The summed E-state index contributed by atoms with van der Waals surface area (Å²) in [5, 5.41) is 0. The molecule has 76 valence electrons. The van der Waals surface area contributed by atoms with Gasteiger partial charge in [-0.1, -0.05) is 26.0 Å². The van der Waals surface area contributed by atoms with E-state index in [0.717, 1.165) is 18.4 Å². The van der Waals surface area contributed by atoms with Gasteiger partial charge in [-0.2, -0.15) is 0 Å². The predicted molar refractivity (Wildman–Crippen MR) is 66.7 cm³/mol. The number of carbonyl (C=O) groups excluding carboxylic acids is 1. The largest absolute Gasteiger partial charge is 0.295 e. The molecule has 0 bridgehead atoms. The van der Waals surface area contributed by atoms with Crippen molar-refractivity contribution in [3.63, 3.8) is 0 Å². The maximum Gasteiger partial charge on any atom is 0.260 e. The Morgan fingerprint density at radius 1 is 1.36 bits per heavy atom. The fourth-order valence-electron chi connectivity index (χ4n) is 1.65. The van der Waals surface area contributed by atoms with Gasteiger partial charge >= 0.3 is 0 Å². The summed E-state index contributed by atoms with van der Waals surface area (Å²) in [6, 6.07) is 5.91. The number of nitrogens with one attached hydrogen (secondary N) is 1. The molecule has 0 atom stereocenters. The van der Waals surface area contributed by atoms with E-state index < -0.39 is 0 Å². The van der Waals surface area contributed by atoms with Crippen molar-refractivity contribution in [1.29, 1.82) is 0 Å². The average Bonchev–Trinajstić information content (AvgIpc) is 2.26. The van der Waals surface area contributed by atoms with Crippen molar-refractivity contribution in [2.45, 2.75) is 26.7 Å². The summed E-state index contributed by atoms with van der Waals surface area (Å²) in [6.45, 7) is 4.19. The van der Waals surface area contributed by atoms with E-state index in [1.54, 1.807) is 0 Å². The number of amides is 1. The predicted octanol–water partition coefficient (Wildman–Crippen LogP) is 2.89. The molecule has 1 rings (SSSR count). The summed E-state index contributed by atoms with van der Waals surface area (Å²) < 4.78 is 2.64. The minimum Gasteiger partial charge on any atom is -0.295 e. The molecule has 0 fully saturated rings. The highest BCUT2D eigenvalue weighted by Crippen LogP contribution is 2.16. The highest BCUT2D eigenvalue weighted by molar-refractivity contribution is 14.1. The number of carbonyl (C=O) groups is 1. The van der Waals surface area contributed by atoms with Gasteiger partial charge in [-0.15, -0.1) is 0 Å². The molecule has 0 unspecified atom stereocenters. The Hall–Kier alpha value is -0.580. The van der Waals surface area contributed by atoms with E-state index in [0.29, 0.717) is 0 Å². The van der Waals surface area contributed by atoms with Crippen molar-refractivity contribution < 1.29 is 4.79 Å². The van der Waals surface area contributed by atoms with Crippen molar-refractivity contribution in [2.75, 3.05) is 0 Å². The van der Waals surface area contributed by atoms with Crippen molar-refractivity contribution >= 4 is 28.8 Å². The Morgan fingerprint density at radius 3 is 2.57 bits per heavy atom. The number of hydrogen-bond acceptors (Lipinski definition) is 1. The first kappa shape index (κ1) is 11.5. The smallest absolute Gasteiger partial charge is 0.260 e. The SMILES string of the molecule is CCc1cccc(C(=O)NI)c1CC. The third kappa shape index (κ3) is 2.26. The van der Waals surface area contributed by atoms with E-state index in [1.807, 2.05) is 35.0 Å². The van der Waals surface area contributed by atoms with Crippen molar-refractivity contribution in [3.8, 4) is 0 Å². The van der Waals surface area contributed by atoms with E-state index >= 15 is 0 Å². The molecular formula is C11H14INO. The fraction of sp³-hybridized carbons (Fsp3) is 0.364. The molecule has 14 heavy (non-hydrogen) atoms. The van der Waals surface area contributed by atoms with Crippen LogP contribution in [-0.4, -0.2) is 5.91 Å². The number of aryl methyl sites for hydroxylation is 1. The van der Waals surface area contributed by atoms with E-state index in [4.69, 9.17) is 0 Å². The van der Waals surface area contributed by atoms with E-state index in [2.05, 4.69) is 23.4 Å². The van der Waals surface area contributed by atoms with E-state index in [9.17, 15) is 4.79 Å². The van der Waals surface area contributed by atoms with Crippen LogP contribution in [0.5, 0.6) is 0 Å². The molecule has 1 aromatic carbocycles. The highest BCUT2D eigenvalue weighted by atomic mass is 127. The van der Waals surface area contributed by atoms with Crippen LogP contribution in [0.3, 0.4) is 0 Å². The minimum absolute atomic E-state index is 0.00208. The first-order valence-electron chi connectivity index (χ1n) is 4.76. The summed E-state index contributed by atoms with van der Waals surface area (Å²) in [7, 11) is 0. The van der Waals surface area contributed by atoms with Crippen LogP contribution in [0.2, 0.25) is 0 Å². The molecular weight excluding hydrogens is 289 g/mol. The zero-order valence-corrected chi connectivity index (χ0v) is 10.6. The summed E-state index contributed by atoms with van der Waals surface area (Å²) >= 11 is 1.87. The lowest BCUT2D eigenvalue weighted by molar-refractivity contribution is 0.0988. The average molecular weight is 303 g/mol. The molecule has 0 spiro atoms. The lowest BCUT2D eigenvalue weighted by Gasteiger charge is -2.10. The molecule has 0 aliphatic heterocycles. The number of hydrogen-bond donors (Lipinski definition) is 1. The Labute approximate surface area is 98.6 Å². The first-order chi connectivity index (χ1) is 6.74. The lowest BCUT2D eigenvalue weighted by Crippen LogP contribution is -2.15.